The van der Waals surface area contributed by atoms with Crippen LogP contribution in [0.3, 0.4) is 0 Å². The highest BCUT2D eigenvalue weighted by Crippen LogP contribution is 2.58. The van der Waals surface area contributed by atoms with Crippen LogP contribution in [0.25, 0.3) is 77.5 Å². The lowest BCUT2D eigenvalue weighted by atomic mass is 9.82. The fraction of sp³-hybridized carbons (Fsp3) is 0. The summed E-state index contributed by atoms with van der Waals surface area (Å²) < 4.78 is 0. The minimum atomic E-state index is 0.690. The summed E-state index contributed by atoms with van der Waals surface area (Å²) >= 11 is 0. The van der Waals surface area contributed by atoms with Crippen LogP contribution in [0.5, 0.6) is 0 Å². The number of nitriles is 1. The van der Waals surface area contributed by atoms with Crippen LogP contribution in [0.2, 0.25) is 0 Å². The Morgan fingerprint density at radius 1 is 0.357 bits per heavy atom. The van der Waals surface area contributed by atoms with Crippen molar-refractivity contribution in [3.05, 3.63) is 157 Å². The van der Waals surface area contributed by atoms with E-state index in [0.29, 0.717) is 5.56 Å². The highest BCUT2D eigenvalue weighted by atomic mass is 14.3. The molecule has 0 saturated heterocycles. The van der Waals surface area contributed by atoms with E-state index in [9.17, 15) is 5.26 Å². The van der Waals surface area contributed by atoms with Crippen molar-refractivity contribution in [3.8, 4) is 72.8 Å². The van der Waals surface area contributed by atoms with Crippen molar-refractivity contribution in [1.82, 2.24) is 0 Å². The van der Waals surface area contributed by atoms with Gasteiger partial charge < -0.3 is 0 Å². The van der Waals surface area contributed by atoms with Gasteiger partial charge in [0.15, 0.2) is 0 Å². The van der Waals surface area contributed by atoms with Gasteiger partial charge in [-0.2, -0.15) is 5.26 Å². The predicted octanol–water partition coefficient (Wildman–Crippen LogP) is 11.0. The van der Waals surface area contributed by atoms with Gasteiger partial charge >= 0.3 is 0 Å². The van der Waals surface area contributed by atoms with Crippen LogP contribution >= 0.6 is 0 Å². The zero-order valence-electron chi connectivity index (χ0n) is 22.9. The van der Waals surface area contributed by atoms with E-state index in [-0.39, 0.29) is 0 Å². The molecule has 7 aromatic carbocycles. The van der Waals surface area contributed by atoms with E-state index in [2.05, 4.69) is 140 Å². The first kappa shape index (κ1) is 24.1. The van der Waals surface area contributed by atoms with Crippen LogP contribution in [0, 0.1) is 11.3 Å². The molecule has 0 bridgehead atoms. The topological polar surface area (TPSA) is 23.8 Å². The van der Waals surface area contributed by atoms with E-state index in [1.54, 1.807) is 0 Å². The van der Waals surface area contributed by atoms with Crippen molar-refractivity contribution in [2.24, 2.45) is 0 Å². The molecule has 0 saturated carbocycles. The van der Waals surface area contributed by atoms with Crippen LogP contribution < -0.4 is 0 Å². The normalized spacial score (nSPS) is 11.3. The maximum Gasteiger partial charge on any atom is 0.0998 e. The second-order valence-electron chi connectivity index (χ2n) is 10.7. The third kappa shape index (κ3) is 3.63. The van der Waals surface area contributed by atoms with Crippen molar-refractivity contribution in [3.63, 3.8) is 0 Å². The van der Waals surface area contributed by atoms with Gasteiger partial charge in [0, 0.05) is 5.56 Å². The molecule has 0 radical (unpaired) electrons. The number of hydrogen-bond donors (Lipinski definition) is 0. The smallest absolute Gasteiger partial charge is 0.0998 e. The van der Waals surface area contributed by atoms with Gasteiger partial charge in [-0.15, -0.1) is 0 Å². The quantitative estimate of drug-likeness (QED) is 0.222. The first-order chi connectivity index (χ1) is 20.8. The van der Waals surface area contributed by atoms with E-state index in [0.717, 1.165) is 11.1 Å². The standard InChI is InChI=1S/C41H25N/c42-26-30-19-10-11-20-31(30)32-23-24-35-39-33(32)21-12-22-34(39)40-37(28-15-6-2-7-16-28)25-36(27-13-4-1-5-14-27)38(41(35)40)29-17-8-3-9-18-29/h1-25H. The van der Waals surface area contributed by atoms with Gasteiger partial charge in [-0.1, -0.05) is 140 Å². The summed E-state index contributed by atoms with van der Waals surface area (Å²) in [6.07, 6.45) is 0. The van der Waals surface area contributed by atoms with Gasteiger partial charge in [-0.25, -0.2) is 0 Å². The van der Waals surface area contributed by atoms with E-state index >= 15 is 0 Å². The fourth-order valence-corrected chi connectivity index (χ4v) is 6.70. The largest absolute Gasteiger partial charge is 0.192 e. The van der Waals surface area contributed by atoms with Crippen molar-refractivity contribution in [1.29, 1.82) is 5.26 Å². The van der Waals surface area contributed by atoms with Crippen molar-refractivity contribution < 1.29 is 0 Å². The Balaban J connectivity index is 1.54. The number of nitrogens with zero attached hydrogens (tertiary/aromatic N) is 1. The molecule has 0 heterocycles. The molecule has 0 spiro atoms. The molecule has 0 N–H and O–H groups in total. The Bertz CT molecular complexity index is 2170. The van der Waals surface area contributed by atoms with E-state index in [4.69, 9.17) is 0 Å². The van der Waals surface area contributed by atoms with Crippen LogP contribution in [-0.4, -0.2) is 0 Å². The maximum atomic E-state index is 9.93. The van der Waals surface area contributed by atoms with Crippen molar-refractivity contribution >= 4 is 10.8 Å². The Morgan fingerprint density at radius 3 is 1.55 bits per heavy atom. The first-order valence-electron chi connectivity index (χ1n) is 14.3. The molecule has 1 aliphatic carbocycles. The monoisotopic (exact) mass is 531 g/mol. The Hall–Kier alpha value is -5.71. The van der Waals surface area contributed by atoms with Crippen molar-refractivity contribution in [2.45, 2.75) is 0 Å². The molecule has 0 aromatic heterocycles. The van der Waals surface area contributed by atoms with Gasteiger partial charge in [-0.3, -0.25) is 0 Å². The lowest BCUT2D eigenvalue weighted by Crippen LogP contribution is -1.94. The summed E-state index contributed by atoms with van der Waals surface area (Å²) in [7, 11) is 0. The highest BCUT2D eigenvalue weighted by Gasteiger charge is 2.31. The molecule has 1 heteroatoms. The molecule has 1 aliphatic rings. The van der Waals surface area contributed by atoms with Crippen LogP contribution in [0.1, 0.15) is 5.56 Å². The molecule has 194 valence electrons. The van der Waals surface area contributed by atoms with Gasteiger partial charge in [0.05, 0.1) is 11.6 Å². The van der Waals surface area contributed by atoms with Gasteiger partial charge in [0.1, 0.15) is 0 Å². The van der Waals surface area contributed by atoms with Crippen molar-refractivity contribution in [2.75, 3.05) is 0 Å². The number of fused-ring (bicyclic) bond motifs is 3. The van der Waals surface area contributed by atoms with E-state index < -0.39 is 0 Å². The lowest BCUT2D eigenvalue weighted by molar-refractivity contribution is 1.48. The minimum absolute atomic E-state index is 0.690. The molecule has 1 nitrogen and oxygen atoms in total. The molecule has 0 unspecified atom stereocenters. The number of benzene rings is 7. The average molecular weight is 532 g/mol. The molecule has 0 fully saturated rings. The van der Waals surface area contributed by atoms with Gasteiger partial charge in [-0.05, 0) is 84.1 Å². The fourth-order valence-electron chi connectivity index (χ4n) is 6.70. The second-order valence-corrected chi connectivity index (χ2v) is 10.7. The molecule has 0 atom stereocenters. The van der Waals surface area contributed by atoms with Crippen LogP contribution in [0.4, 0.5) is 0 Å². The number of rotatable bonds is 4. The summed E-state index contributed by atoms with van der Waals surface area (Å²) in [4.78, 5) is 0. The van der Waals surface area contributed by atoms with Crippen LogP contribution in [-0.2, 0) is 0 Å². The lowest BCUT2D eigenvalue weighted by Gasteiger charge is -2.21. The molecule has 8 rings (SSSR count). The Labute approximate surface area is 245 Å². The minimum Gasteiger partial charge on any atom is -0.192 e. The third-order valence-corrected chi connectivity index (χ3v) is 8.48. The Kier molecular flexibility index (Phi) is 5.59. The molecule has 0 amide bonds. The summed E-state index contributed by atoms with van der Waals surface area (Å²) in [5, 5.41) is 12.3. The average Bonchev–Trinajstić information content (AvgIpc) is 3.41. The first-order valence-corrected chi connectivity index (χ1v) is 14.3. The maximum absolute atomic E-state index is 9.93. The highest BCUT2D eigenvalue weighted by molar-refractivity contribution is 6.24. The summed E-state index contributed by atoms with van der Waals surface area (Å²) in [6, 6.07) is 56.1. The second kappa shape index (κ2) is 9.73. The molecule has 42 heavy (non-hydrogen) atoms. The van der Waals surface area contributed by atoms with E-state index in [1.807, 2.05) is 18.2 Å². The van der Waals surface area contributed by atoms with Gasteiger partial charge in [0.25, 0.3) is 0 Å². The predicted molar refractivity (Wildman–Crippen MR) is 175 cm³/mol. The number of hydrogen-bond acceptors (Lipinski definition) is 1. The summed E-state index contributed by atoms with van der Waals surface area (Å²) in [6.45, 7) is 0. The summed E-state index contributed by atoms with van der Waals surface area (Å²) in [5.74, 6) is 0. The molecular weight excluding hydrogens is 506 g/mol. The van der Waals surface area contributed by atoms with E-state index in [1.165, 1.54) is 66.4 Å². The summed E-state index contributed by atoms with van der Waals surface area (Å²) in [5.41, 5.74) is 15.1. The third-order valence-electron chi connectivity index (χ3n) is 8.48. The Morgan fingerprint density at radius 2 is 0.881 bits per heavy atom. The zero-order chi connectivity index (χ0) is 28.0. The van der Waals surface area contributed by atoms with Gasteiger partial charge in [0.2, 0.25) is 0 Å². The van der Waals surface area contributed by atoms with Crippen LogP contribution in [0.15, 0.2) is 152 Å². The molecule has 7 aromatic rings. The molecule has 0 aliphatic heterocycles. The molecular formula is C41H25N. The zero-order valence-corrected chi connectivity index (χ0v) is 22.9. The SMILES string of the molecule is N#Cc1ccccc1-c1ccc2c3c(cccc13)-c1c(-c3ccccc3)cc(-c3ccccc3)c(-c3ccccc3)c1-2.